The van der Waals surface area contributed by atoms with Crippen molar-refractivity contribution in [2.75, 3.05) is 33.3 Å². The molecule has 27 heavy (non-hydrogen) atoms. The summed E-state index contributed by atoms with van der Waals surface area (Å²) in [7, 11) is 1.59. The zero-order valence-corrected chi connectivity index (χ0v) is 15.4. The Bertz CT molecular complexity index is 817. The lowest BCUT2D eigenvalue weighted by Gasteiger charge is -2.35. The molecule has 142 valence electrons. The monoisotopic (exact) mass is 370 g/mol. The molecule has 0 aromatic heterocycles. The minimum Gasteiger partial charge on any atom is -0.496 e. The molecule has 0 radical (unpaired) electrons. The summed E-state index contributed by atoms with van der Waals surface area (Å²) < 4.78 is 19.0. The molecule has 5 nitrogen and oxygen atoms in total. The third kappa shape index (κ3) is 4.64. The van der Waals surface area contributed by atoms with Crippen LogP contribution in [-0.4, -0.2) is 54.9 Å². The van der Waals surface area contributed by atoms with Gasteiger partial charge in [-0.25, -0.2) is 4.39 Å². The Labute approximate surface area is 158 Å². The molecule has 0 bridgehead atoms. The summed E-state index contributed by atoms with van der Waals surface area (Å²) in [5, 5.41) is 0. The molecular formula is C21H23FN2O3. The fourth-order valence-corrected chi connectivity index (χ4v) is 3.25. The summed E-state index contributed by atoms with van der Waals surface area (Å²) in [6.07, 6.45) is 0.315. The number of halogens is 1. The molecule has 0 unspecified atom stereocenters. The number of ether oxygens (including phenoxy) is 1. The SMILES string of the molecule is COc1ccccc1CC(=O)N1CCN(C(=O)Cc2ccccc2F)CC1. The first-order valence-corrected chi connectivity index (χ1v) is 8.99. The highest BCUT2D eigenvalue weighted by Gasteiger charge is 2.25. The number of hydrogen-bond acceptors (Lipinski definition) is 3. The minimum absolute atomic E-state index is 0.0145. The van der Waals surface area contributed by atoms with Gasteiger partial charge in [-0.15, -0.1) is 0 Å². The highest BCUT2D eigenvalue weighted by Crippen LogP contribution is 2.19. The lowest BCUT2D eigenvalue weighted by molar-refractivity contribution is -0.138. The molecule has 1 fully saturated rings. The van der Waals surface area contributed by atoms with Crippen LogP contribution in [0.25, 0.3) is 0 Å². The minimum atomic E-state index is -0.364. The Balaban J connectivity index is 1.53. The van der Waals surface area contributed by atoms with E-state index in [1.807, 2.05) is 24.3 Å². The summed E-state index contributed by atoms with van der Waals surface area (Å²) in [5.74, 6) is 0.235. The second-order valence-electron chi connectivity index (χ2n) is 6.52. The average molecular weight is 370 g/mol. The van der Waals surface area contributed by atoms with Crippen molar-refractivity contribution in [2.24, 2.45) is 0 Å². The highest BCUT2D eigenvalue weighted by atomic mass is 19.1. The molecule has 1 aliphatic rings. The molecule has 0 saturated carbocycles. The molecule has 0 atom stereocenters. The van der Waals surface area contributed by atoms with Crippen LogP contribution in [0.4, 0.5) is 4.39 Å². The van der Waals surface area contributed by atoms with Gasteiger partial charge in [0.1, 0.15) is 11.6 Å². The molecule has 6 heteroatoms. The fourth-order valence-electron chi connectivity index (χ4n) is 3.25. The zero-order valence-electron chi connectivity index (χ0n) is 15.4. The van der Waals surface area contributed by atoms with E-state index in [4.69, 9.17) is 4.74 Å². The fraction of sp³-hybridized carbons (Fsp3) is 0.333. The van der Waals surface area contributed by atoms with Crippen molar-refractivity contribution in [2.45, 2.75) is 12.8 Å². The number of carbonyl (C=O) groups is 2. The van der Waals surface area contributed by atoms with Gasteiger partial charge in [-0.05, 0) is 17.7 Å². The van der Waals surface area contributed by atoms with Gasteiger partial charge in [0, 0.05) is 31.7 Å². The van der Waals surface area contributed by atoms with Crippen molar-refractivity contribution in [1.82, 2.24) is 9.80 Å². The van der Waals surface area contributed by atoms with Crippen molar-refractivity contribution in [3.63, 3.8) is 0 Å². The van der Waals surface area contributed by atoms with E-state index in [2.05, 4.69) is 0 Å². The molecular weight excluding hydrogens is 347 g/mol. The Kier molecular flexibility index (Phi) is 6.06. The number of carbonyl (C=O) groups excluding carboxylic acids is 2. The topological polar surface area (TPSA) is 49.9 Å². The molecule has 0 spiro atoms. The van der Waals surface area contributed by atoms with Crippen LogP contribution in [0.15, 0.2) is 48.5 Å². The third-order valence-corrected chi connectivity index (χ3v) is 4.82. The molecule has 1 heterocycles. The van der Waals surface area contributed by atoms with Crippen LogP contribution >= 0.6 is 0 Å². The Hall–Kier alpha value is -2.89. The number of nitrogens with zero attached hydrogens (tertiary/aromatic N) is 2. The predicted molar refractivity (Wildman–Crippen MR) is 100.0 cm³/mol. The van der Waals surface area contributed by atoms with E-state index in [0.29, 0.717) is 37.5 Å². The van der Waals surface area contributed by atoms with Crippen LogP contribution in [0, 0.1) is 5.82 Å². The van der Waals surface area contributed by atoms with Crippen LogP contribution in [0.1, 0.15) is 11.1 Å². The van der Waals surface area contributed by atoms with Gasteiger partial charge in [-0.3, -0.25) is 9.59 Å². The highest BCUT2D eigenvalue weighted by molar-refractivity contribution is 5.81. The van der Waals surface area contributed by atoms with Gasteiger partial charge in [0.2, 0.25) is 11.8 Å². The third-order valence-electron chi connectivity index (χ3n) is 4.82. The van der Waals surface area contributed by atoms with E-state index in [1.165, 1.54) is 6.07 Å². The average Bonchev–Trinajstić information content (AvgIpc) is 2.70. The van der Waals surface area contributed by atoms with Gasteiger partial charge in [0.05, 0.1) is 20.0 Å². The van der Waals surface area contributed by atoms with Crippen LogP contribution in [0.2, 0.25) is 0 Å². The number of benzene rings is 2. The van der Waals surface area contributed by atoms with E-state index in [0.717, 1.165) is 5.56 Å². The standard InChI is InChI=1S/C21H23FN2O3/c1-27-19-9-5-3-7-17(19)15-21(26)24-12-10-23(11-13-24)20(25)14-16-6-2-4-8-18(16)22/h2-9H,10-15H2,1H3. The van der Waals surface area contributed by atoms with E-state index in [1.54, 1.807) is 35.1 Å². The van der Waals surface area contributed by atoms with Gasteiger partial charge < -0.3 is 14.5 Å². The maximum absolute atomic E-state index is 13.7. The van der Waals surface area contributed by atoms with Crippen molar-refractivity contribution in [3.05, 3.63) is 65.5 Å². The van der Waals surface area contributed by atoms with Gasteiger partial charge in [-0.2, -0.15) is 0 Å². The number of hydrogen-bond donors (Lipinski definition) is 0. The maximum Gasteiger partial charge on any atom is 0.227 e. The normalized spacial score (nSPS) is 14.1. The first-order valence-electron chi connectivity index (χ1n) is 8.99. The maximum atomic E-state index is 13.7. The predicted octanol–water partition coefficient (Wildman–Crippen LogP) is 2.29. The molecule has 3 rings (SSSR count). The summed E-state index contributed by atoms with van der Waals surface area (Å²) in [4.78, 5) is 28.4. The molecule has 0 N–H and O–H groups in total. The van der Waals surface area contributed by atoms with E-state index in [-0.39, 0.29) is 30.5 Å². The van der Waals surface area contributed by atoms with Crippen molar-refractivity contribution in [3.8, 4) is 5.75 Å². The van der Waals surface area contributed by atoms with Crippen molar-refractivity contribution in [1.29, 1.82) is 0 Å². The molecule has 2 aromatic carbocycles. The summed E-state index contributed by atoms with van der Waals surface area (Å²) in [6.45, 7) is 1.89. The number of para-hydroxylation sites is 1. The van der Waals surface area contributed by atoms with Gasteiger partial charge in [-0.1, -0.05) is 36.4 Å². The first kappa shape index (κ1) is 18.9. The number of amides is 2. The van der Waals surface area contributed by atoms with Gasteiger partial charge in [0.25, 0.3) is 0 Å². The quantitative estimate of drug-likeness (QED) is 0.811. The number of rotatable bonds is 5. The van der Waals surface area contributed by atoms with Crippen molar-refractivity contribution >= 4 is 11.8 Å². The molecule has 1 aliphatic heterocycles. The Morgan fingerprint density at radius 3 is 1.89 bits per heavy atom. The Morgan fingerprint density at radius 1 is 0.852 bits per heavy atom. The van der Waals surface area contributed by atoms with Crippen LogP contribution in [0.5, 0.6) is 5.75 Å². The van der Waals surface area contributed by atoms with Gasteiger partial charge >= 0.3 is 0 Å². The molecule has 1 saturated heterocycles. The van der Waals surface area contributed by atoms with E-state index < -0.39 is 0 Å². The second kappa shape index (κ2) is 8.66. The van der Waals surface area contributed by atoms with Crippen molar-refractivity contribution < 1.29 is 18.7 Å². The van der Waals surface area contributed by atoms with Crippen LogP contribution in [-0.2, 0) is 22.4 Å². The lowest BCUT2D eigenvalue weighted by atomic mass is 10.1. The molecule has 2 amide bonds. The van der Waals surface area contributed by atoms with E-state index in [9.17, 15) is 14.0 Å². The molecule has 2 aromatic rings. The lowest BCUT2D eigenvalue weighted by Crippen LogP contribution is -2.51. The summed E-state index contributed by atoms with van der Waals surface area (Å²) >= 11 is 0. The smallest absolute Gasteiger partial charge is 0.227 e. The van der Waals surface area contributed by atoms with Crippen LogP contribution in [0.3, 0.4) is 0 Å². The van der Waals surface area contributed by atoms with Gasteiger partial charge in [0.15, 0.2) is 0 Å². The Morgan fingerprint density at radius 2 is 1.33 bits per heavy atom. The largest absolute Gasteiger partial charge is 0.496 e. The van der Waals surface area contributed by atoms with Crippen LogP contribution < -0.4 is 4.74 Å². The van der Waals surface area contributed by atoms with E-state index >= 15 is 0 Å². The number of piperazine rings is 1. The summed E-state index contributed by atoms with van der Waals surface area (Å²) in [5.41, 5.74) is 1.25. The zero-order chi connectivity index (χ0) is 19.2. The number of methoxy groups -OCH3 is 1. The summed E-state index contributed by atoms with van der Waals surface area (Å²) in [6, 6.07) is 13.8. The second-order valence-corrected chi connectivity index (χ2v) is 6.52. The molecule has 0 aliphatic carbocycles. The first-order chi connectivity index (χ1) is 13.1.